The summed E-state index contributed by atoms with van der Waals surface area (Å²) in [6.45, 7) is 27.7. The van der Waals surface area contributed by atoms with Crippen LogP contribution in [0.1, 0.15) is 88.0 Å². The number of amides is 3. The summed E-state index contributed by atoms with van der Waals surface area (Å²) >= 11 is 1.67. The molecule has 1 spiro atoms. The normalized spacial score (nSPS) is 27.2. The lowest BCUT2D eigenvalue weighted by Crippen LogP contribution is -2.61. The van der Waals surface area contributed by atoms with E-state index in [4.69, 9.17) is 4.74 Å². The molecule has 0 radical (unpaired) electrons. The highest BCUT2D eigenvalue weighted by Gasteiger charge is 2.78. The minimum Gasteiger partial charge on any atom is -0.494 e. The summed E-state index contributed by atoms with van der Waals surface area (Å²) in [7, 11) is 0. The zero-order valence-corrected chi connectivity index (χ0v) is 31.6. The molecule has 3 heterocycles. The van der Waals surface area contributed by atoms with Crippen LogP contribution < -0.4 is 9.64 Å². The van der Waals surface area contributed by atoms with Crippen LogP contribution in [0.15, 0.2) is 49.6 Å². The zero-order valence-electron chi connectivity index (χ0n) is 30.8. The highest BCUT2D eigenvalue weighted by atomic mass is 32.2. The maximum atomic E-state index is 15.2. The predicted molar refractivity (Wildman–Crippen MR) is 196 cm³/mol. The number of hydrogen-bond donors (Lipinski definition) is 1. The average molecular weight is 682 g/mol. The van der Waals surface area contributed by atoms with Crippen LogP contribution in [0, 0.1) is 23.2 Å². The molecule has 3 amide bonds. The number of thioether (sulfide) groups is 1. The number of likely N-dealkylation sites (tertiary alicyclic amines) is 1. The fourth-order valence-electron chi connectivity index (χ4n) is 9.05. The molecule has 6 atom stereocenters. The van der Waals surface area contributed by atoms with E-state index in [1.807, 2.05) is 36.1 Å². The van der Waals surface area contributed by atoms with Gasteiger partial charge in [0.1, 0.15) is 11.8 Å². The number of fused-ring (bicyclic) bond motifs is 1. The van der Waals surface area contributed by atoms with Crippen molar-refractivity contribution < 1.29 is 24.2 Å². The standard InChI is InChI=1S/C39H59N3O5S/c1-12-21-40(27-15-17-29(18-16-27)47-14-3)33(44)30-31-34(45)42(28(24-43)23-26(4)5)32(39(31)20-19-38(30,11)48-39)35(46)41(22-13-2)37(9,10)25-36(6,7)8/h12-13,15-18,26,28,30-32,43H,1-2,14,19-25H2,3-11H3/t28-,30-,31+,32?,38+,39?/m1/s1. The van der Waals surface area contributed by atoms with Crippen molar-refractivity contribution in [3.8, 4) is 5.75 Å². The van der Waals surface area contributed by atoms with Gasteiger partial charge in [-0.3, -0.25) is 14.4 Å². The van der Waals surface area contributed by atoms with Crippen molar-refractivity contribution in [3.05, 3.63) is 49.6 Å². The van der Waals surface area contributed by atoms with E-state index in [2.05, 4.69) is 68.5 Å². The molecule has 1 aromatic carbocycles. The van der Waals surface area contributed by atoms with Gasteiger partial charge in [0.2, 0.25) is 17.7 Å². The van der Waals surface area contributed by atoms with Crippen LogP contribution in [-0.2, 0) is 14.4 Å². The lowest BCUT2D eigenvalue weighted by molar-refractivity contribution is -0.149. The third-order valence-electron chi connectivity index (χ3n) is 10.4. The smallest absolute Gasteiger partial charge is 0.247 e. The Morgan fingerprint density at radius 3 is 2.23 bits per heavy atom. The van der Waals surface area contributed by atoms with Crippen LogP contribution in [0.2, 0.25) is 0 Å². The molecule has 3 aliphatic rings. The molecular weight excluding hydrogens is 623 g/mol. The number of rotatable bonds is 15. The van der Waals surface area contributed by atoms with E-state index in [-0.39, 0.29) is 42.2 Å². The molecule has 0 aromatic heterocycles. The number of ether oxygens (including phenoxy) is 1. The molecule has 9 heteroatoms. The molecule has 2 unspecified atom stereocenters. The van der Waals surface area contributed by atoms with Gasteiger partial charge in [0.25, 0.3) is 0 Å². The number of aliphatic hydroxyl groups is 1. The van der Waals surface area contributed by atoms with Crippen molar-refractivity contribution in [3.63, 3.8) is 0 Å². The van der Waals surface area contributed by atoms with Crippen LogP contribution in [0.3, 0.4) is 0 Å². The fourth-order valence-corrected chi connectivity index (χ4v) is 11.4. The van der Waals surface area contributed by atoms with Gasteiger partial charge in [-0.15, -0.1) is 24.9 Å². The maximum absolute atomic E-state index is 15.2. The quantitative estimate of drug-likeness (QED) is 0.207. The first-order chi connectivity index (χ1) is 22.4. The van der Waals surface area contributed by atoms with E-state index < -0.39 is 39.0 Å². The van der Waals surface area contributed by atoms with Crippen LogP contribution in [0.4, 0.5) is 5.69 Å². The van der Waals surface area contributed by atoms with Crippen molar-refractivity contribution in [2.24, 2.45) is 23.2 Å². The Morgan fingerprint density at radius 2 is 1.71 bits per heavy atom. The Kier molecular flexibility index (Phi) is 11.3. The number of aliphatic hydroxyl groups excluding tert-OH is 1. The van der Waals surface area contributed by atoms with Gasteiger partial charge in [0.15, 0.2) is 0 Å². The van der Waals surface area contributed by atoms with Gasteiger partial charge >= 0.3 is 0 Å². The Bertz CT molecular complexity index is 1370. The topological polar surface area (TPSA) is 90.4 Å². The number of hydrogen-bond acceptors (Lipinski definition) is 6. The fraction of sp³-hybridized carbons (Fsp3) is 0.667. The molecular formula is C39H59N3O5S. The third kappa shape index (κ3) is 6.96. The second kappa shape index (κ2) is 14.2. The Balaban J connectivity index is 1.85. The highest BCUT2D eigenvalue weighted by Crippen LogP contribution is 2.72. The van der Waals surface area contributed by atoms with E-state index in [0.717, 1.165) is 12.2 Å². The molecule has 266 valence electrons. The number of nitrogens with zero attached hydrogens (tertiary/aromatic N) is 3. The minimum atomic E-state index is -0.812. The van der Waals surface area contributed by atoms with Crippen molar-refractivity contribution in [1.82, 2.24) is 9.80 Å². The zero-order chi connectivity index (χ0) is 35.8. The molecule has 3 saturated heterocycles. The summed E-state index contributed by atoms with van der Waals surface area (Å²) in [5, 5.41) is 10.8. The van der Waals surface area contributed by atoms with Gasteiger partial charge in [-0.1, -0.05) is 46.8 Å². The molecule has 3 fully saturated rings. The molecule has 2 bridgehead atoms. The molecule has 4 rings (SSSR count). The van der Waals surface area contributed by atoms with E-state index in [1.54, 1.807) is 33.7 Å². The maximum Gasteiger partial charge on any atom is 0.247 e. The van der Waals surface area contributed by atoms with Crippen molar-refractivity contribution in [2.75, 3.05) is 31.2 Å². The van der Waals surface area contributed by atoms with E-state index in [0.29, 0.717) is 38.1 Å². The third-order valence-corrected chi connectivity index (χ3v) is 12.4. The van der Waals surface area contributed by atoms with E-state index >= 15 is 9.59 Å². The van der Waals surface area contributed by atoms with Gasteiger partial charge in [0.05, 0.1) is 35.8 Å². The highest BCUT2D eigenvalue weighted by molar-refractivity contribution is 8.02. The second-order valence-electron chi connectivity index (χ2n) is 16.4. The number of benzene rings is 1. The SMILES string of the molecule is C=CCN(C(=O)[C@H]1[C@H]2C(=O)N([C@@H](CO)CC(C)C)C(C(=O)N(CC=C)C(C)(C)CC(C)(C)C)C23CC[C@]1(C)S3)c1ccc(OCC)cc1. The first kappa shape index (κ1) is 38.0. The molecule has 0 aliphatic carbocycles. The summed E-state index contributed by atoms with van der Waals surface area (Å²) in [5.74, 6) is -0.898. The van der Waals surface area contributed by atoms with Crippen molar-refractivity contribution in [2.45, 2.75) is 115 Å². The Labute approximate surface area is 293 Å². The Morgan fingerprint density at radius 1 is 1.08 bits per heavy atom. The number of anilines is 1. The lowest BCUT2D eigenvalue weighted by atomic mass is 9.66. The van der Waals surface area contributed by atoms with Crippen LogP contribution >= 0.6 is 11.8 Å². The van der Waals surface area contributed by atoms with E-state index in [1.165, 1.54) is 0 Å². The largest absolute Gasteiger partial charge is 0.494 e. The molecule has 8 nitrogen and oxygen atoms in total. The van der Waals surface area contributed by atoms with Gasteiger partial charge in [-0.25, -0.2) is 0 Å². The summed E-state index contributed by atoms with van der Waals surface area (Å²) in [5.41, 5.74) is 0.119. The molecule has 1 aromatic rings. The summed E-state index contributed by atoms with van der Waals surface area (Å²) in [6, 6.07) is 6.09. The number of carbonyl (C=O) groups excluding carboxylic acids is 3. The van der Waals surface area contributed by atoms with Gasteiger partial charge < -0.3 is 24.5 Å². The van der Waals surface area contributed by atoms with Crippen LogP contribution in [0.25, 0.3) is 0 Å². The monoisotopic (exact) mass is 681 g/mol. The molecule has 1 N–H and O–H groups in total. The predicted octanol–water partition coefficient (Wildman–Crippen LogP) is 6.72. The second-order valence-corrected chi connectivity index (χ2v) is 18.3. The first-order valence-corrected chi connectivity index (χ1v) is 18.4. The van der Waals surface area contributed by atoms with E-state index in [9.17, 15) is 9.90 Å². The van der Waals surface area contributed by atoms with Gasteiger partial charge in [0, 0.05) is 29.1 Å². The summed E-state index contributed by atoms with van der Waals surface area (Å²) in [6.07, 6.45) is 6.12. The molecule has 0 saturated carbocycles. The number of carbonyl (C=O) groups is 3. The van der Waals surface area contributed by atoms with Crippen LogP contribution in [-0.4, -0.2) is 86.0 Å². The van der Waals surface area contributed by atoms with Crippen molar-refractivity contribution in [1.29, 1.82) is 0 Å². The molecule has 3 aliphatic heterocycles. The summed E-state index contributed by atoms with van der Waals surface area (Å²) < 4.78 is 4.30. The average Bonchev–Trinajstić information content (AvgIpc) is 3.56. The first-order valence-electron chi connectivity index (χ1n) is 17.6. The van der Waals surface area contributed by atoms with Crippen LogP contribution in [0.5, 0.6) is 5.75 Å². The summed E-state index contributed by atoms with van der Waals surface area (Å²) in [4.78, 5) is 50.5. The van der Waals surface area contributed by atoms with Gasteiger partial charge in [-0.2, -0.15) is 0 Å². The van der Waals surface area contributed by atoms with Gasteiger partial charge in [-0.05, 0) is 89.0 Å². The lowest BCUT2D eigenvalue weighted by Gasteiger charge is -2.46. The molecule has 48 heavy (non-hydrogen) atoms. The van der Waals surface area contributed by atoms with Crippen molar-refractivity contribution >= 4 is 35.2 Å². The Hall–Kier alpha value is -2.78. The minimum absolute atomic E-state index is 0.0541.